The summed E-state index contributed by atoms with van der Waals surface area (Å²) in [5, 5.41) is 9.89. The number of hydrogen-bond donors (Lipinski definition) is 1. The lowest BCUT2D eigenvalue weighted by Gasteiger charge is -2.20. The van der Waals surface area contributed by atoms with Crippen LogP contribution in [-0.4, -0.2) is 23.3 Å². The Kier molecular flexibility index (Phi) is 12.5. The lowest BCUT2D eigenvalue weighted by Crippen LogP contribution is -2.20. The van der Waals surface area contributed by atoms with E-state index in [0.29, 0.717) is 23.7 Å². The first-order chi connectivity index (χ1) is 19.4. The number of unbranched alkanes of at least 4 members (excludes halogenated alkanes) is 1. The van der Waals surface area contributed by atoms with Crippen LogP contribution in [0.25, 0.3) is 0 Å². The Morgan fingerprint density at radius 2 is 1.23 bits per heavy atom. The number of aliphatic hydroxyl groups is 1. The van der Waals surface area contributed by atoms with Gasteiger partial charge in [-0.3, -0.25) is 9.59 Å². The average molecular weight is 537 g/mol. The molecule has 0 aliphatic heterocycles. The van der Waals surface area contributed by atoms with Crippen LogP contribution in [0.5, 0.6) is 0 Å². The number of rotatable bonds is 12. The number of aliphatic hydroxyl groups excluding tert-OH is 1. The average Bonchev–Trinajstić information content (AvgIpc) is 3.01. The second-order valence-electron chi connectivity index (χ2n) is 10.2. The molecule has 4 aromatic rings. The van der Waals surface area contributed by atoms with Gasteiger partial charge in [0.1, 0.15) is 12.2 Å². The Balaban J connectivity index is 0.000000238. The molecule has 40 heavy (non-hydrogen) atoms. The van der Waals surface area contributed by atoms with Crippen LogP contribution in [-0.2, 0) is 11.2 Å². The fourth-order valence-corrected chi connectivity index (χ4v) is 4.27. The highest BCUT2D eigenvalue weighted by Gasteiger charge is 2.25. The molecule has 0 amide bonds. The normalized spacial score (nSPS) is 12.2. The number of ketones is 2. The molecule has 0 aliphatic carbocycles. The van der Waals surface area contributed by atoms with E-state index < -0.39 is 12.2 Å². The summed E-state index contributed by atoms with van der Waals surface area (Å²) in [4.78, 5) is 25.1. The predicted octanol–water partition coefficient (Wildman–Crippen LogP) is 8.23. The fraction of sp³-hybridized carbons (Fsp3) is 0.278. The summed E-state index contributed by atoms with van der Waals surface area (Å²) in [5.41, 5.74) is 3.99. The number of carbonyl (C=O) groups is 2. The van der Waals surface area contributed by atoms with Crippen molar-refractivity contribution in [3.8, 4) is 0 Å². The molecule has 0 aliphatic rings. The van der Waals surface area contributed by atoms with Crippen LogP contribution in [0.3, 0.4) is 0 Å². The van der Waals surface area contributed by atoms with Crippen molar-refractivity contribution in [2.75, 3.05) is 6.61 Å². The highest BCUT2D eigenvalue weighted by molar-refractivity contribution is 6.01. The van der Waals surface area contributed by atoms with E-state index in [1.165, 1.54) is 0 Å². The first-order valence-electron chi connectivity index (χ1n) is 14.0. The third kappa shape index (κ3) is 9.11. The third-order valence-corrected chi connectivity index (χ3v) is 6.44. The minimum absolute atomic E-state index is 0.0635. The van der Waals surface area contributed by atoms with Crippen molar-refractivity contribution in [3.63, 3.8) is 0 Å². The summed E-state index contributed by atoms with van der Waals surface area (Å²) in [6, 6.07) is 35.5. The first kappa shape index (κ1) is 30.7. The minimum Gasteiger partial charge on any atom is -0.380 e. The van der Waals surface area contributed by atoms with Crippen molar-refractivity contribution in [1.29, 1.82) is 0 Å². The molecule has 0 saturated heterocycles. The summed E-state index contributed by atoms with van der Waals surface area (Å²) < 4.78 is 6.02. The quantitative estimate of drug-likeness (QED) is 0.185. The maximum absolute atomic E-state index is 13.2. The van der Waals surface area contributed by atoms with Crippen molar-refractivity contribution in [2.24, 2.45) is 5.92 Å². The minimum atomic E-state index is -1.08. The number of benzene rings is 4. The maximum Gasteiger partial charge on any atom is 0.196 e. The predicted molar refractivity (Wildman–Crippen MR) is 162 cm³/mol. The van der Waals surface area contributed by atoms with Crippen LogP contribution in [0.1, 0.15) is 83.2 Å². The van der Waals surface area contributed by atoms with E-state index in [2.05, 4.69) is 26.8 Å². The molecule has 2 unspecified atom stereocenters. The molecule has 2 atom stereocenters. The van der Waals surface area contributed by atoms with Gasteiger partial charge in [-0.2, -0.15) is 0 Å². The number of hydrogen-bond acceptors (Lipinski definition) is 4. The van der Waals surface area contributed by atoms with E-state index >= 15 is 0 Å². The Labute approximate surface area is 238 Å². The van der Waals surface area contributed by atoms with Gasteiger partial charge in [0.05, 0.1) is 6.61 Å². The summed E-state index contributed by atoms with van der Waals surface area (Å²) in [6.45, 7) is 6.94. The molecule has 0 saturated carbocycles. The monoisotopic (exact) mass is 536 g/mol. The second kappa shape index (κ2) is 16.3. The van der Waals surface area contributed by atoms with Crippen molar-refractivity contribution in [3.05, 3.63) is 143 Å². The second-order valence-corrected chi connectivity index (χ2v) is 10.2. The molecule has 0 radical (unpaired) electrons. The molecule has 4 aromatic carbocycles. The summed E-state index contributed by atoms with van der Waals surface area (Å²) in [6.07, 6.45) is 1.53. The van der Waals surface area contributed by atoms with Gasteiger partial charge >= 0.3 is 0 Å². The van der Waals surface area contributed by atoms with E-state index in [9.17, 15) is 14.7 Å². The van der Waals surface area contributed by atoms with Gasteiger partial charge in [0.2, 0.25) is 0 Å². The van der Waals surface area contributed by atoms with Crippen LogP contribution in [0, 0.1) is 5.92 Å². The van der Waals surface area contributed by atoms with Crippen molar-refractivity contribution >= 4 is 11.6 Å². The smallest absolute Gasteiger partial charge is 0.196 e. The number of Topliss-reactive ketones (excluding diaryl/α,β-unsaturated/α-hetero) is 2. The Hall–Kier alpha value is -3.86. The molecule has 4 heteroatoms. The molecular weight excluding hydrogens is 496 g/mol. The molecule has 4 rings (SSSR count). The molecule has 0 heterocycles. The Morgan fingerprint density at radius 3 is 1.80 bits per heavy atom. The first-order valence-corrected chi connectivity index (χ1v) is 14.0. The van der Waals surface area contributed by atoms with Crippen LogP contribution in [0.4, 0.5) is 0 Å². The van der Waals surface area contributed by atoms with Gasteiger partial charge in [-0.15, -0.1) is 0 Å². The van der Waals surface area contributed by atoms with Gasteiger partial charge in [0.15, 0.2) is 11.6 Å². The molecule has 0 aromatic heterocycles. The Bertz CT molecular complexity index is 1300. The summed E-state index contributed by atoms with van der Waals surface area (Å²) in [5.74, 6) is 0.180. The largest absolute Gasteiger partial charge is 0.380 e. The molecule has 0 bridgehead atoms. The van der Waals surface area contributed by atoms with E-state index in [0.717, 1.165) is 36.0 Å². The zero-order valence-electron chi connectivity index (χ0n) is 23.7. The molecule has 4 nitrogen and oxygen atoms in total. The zero-order chi connectivity index (χ0) is 28.7. The van der Waals surface area contributed by atoms with Gasteiger partial charge in [0, 0.05) is 11.1 Å². The van der Waals surface area contributed by atoms with Crippen LogP contribution in [0.2, 0.25) is 0 Å². The molecule has 0 spiro atoms. The van der Waals surface area contributed by atoms with Gasteiger partial charge in [0.25, 0.3) is 0 Å². The maximum atomic E-state index is 13.2. The van der Waals surface area contributed by atoms with E-state index in [1.54, 1.807) is 48.5 Å². The fourth-order valence-electron chi connectivity index (χ4n) is 4.27. The standard InChI is InChI=1S/C22H28O2.C14H12O2/c1-4-5-11-18-12-9-10-15-20(18)21(23)22(24-16-17(2)3)19-13-7-6-8-14-19;15-13(11-7-3-1-4-8-11)14(16)12-9-5-2-6-10-12/h6-10,12-15,17,22H,4-5,11,16H2,1-3H3;1-10,13,15H. The van der Waals surface area contributed by atoms with E-state index in [1.807, 2.05) is 60.7 Å². The van der Waals surface area contributed by atoms with Gasteiger partial charge in [-0.05, 0) is 35.4 Å². The van der Waals surface area contributed by atoms with Gasteiger partial charge < -0.3 is 9.84 Å². The highest BCUT2D eigenvalue weighted by Crippen LogP contribution is 2.26. The van der Waals surface area contributed by atoms with Gasteiger partial charge in [-0.1, -0.05) is 142 Å². The van der Waals surface area contributed by atoms with Gasteiger partial charge in [-0.25, -0.2) is 0 Å². The van der Waals surface area contributed by atoms with Crippen molar-refractivity contribution in [1.82, 2.24) is 0 Å². The van der Waals surface area contributed by atoms with E-state index in [4.69, 9.17) is 4.74 Å². The van der Waals surface area contributed by atoms with Crippen LogP contribution < -0.4 is 0 Å². The Morgan fingerprint density at radius 1 is 0.700 bits per heavy atom. The van der Waals surface area contributed by atoms with Crippen LogP contribution in [0.15, 0.2) is 115 Å². The molecule has 0 fully saturated rings. The summed E-state index contributed by atoms with van der Waals surface area (Å²) >= 11 is 0. The SMILES string of the molecule is CCCCc1ccccc1C(=O)C(OCC(C)C)c1ccccc1.O=C(c1ccccc1)C(O)c1ccccc1. The lowest BCUT2D eigenvalue weighted by atomic mass is 9.93. The number of aryl methyl sites for hydroxylation is 1. The van der Waals surface area contributed by atoms with E-state index in [-0.39, 0.29) is 11.6 Å². The number of ether oxygens (including phenoxy) is 1. The highest BCUT2D eigenvalue weighted by atomic mass is 16.5. The number of carbonyl (C=O) groups excluding carboxylic acids is 2. The molecule has 208 valence electrons. The topological polar surface area (TPSA) is 63.6 Å². The molecule has 1 N–H and O–H groups in total. The van der Waals surface area contributed by atoms with Crippen molar-refractivity contribution in [2.45, 2.75) is 52.2 Å². The van der Waals surface area contributed by atoms with Crippen molar-refractivity contribution < 1.29 is 19.4 Å². The molecular formula is C36H40O4. The summed E-state index contributed by atoms with van der Waals surface area (Å²) in [7, 11) is 0. The lowest BCUT2D eigenvalue weighted by molar-refractivity contribution is 0.0307. The van der Waals surface area contributed by atoms with Crippen LogP contribution >= 0.6 is 0 Å². The third-order valence-electron chi connectivity index (χ3n) is 6.44. The zero-order valence-corrected chi connectivity index (χ0v) is 23.7.